The first-order valence-corrected chi connectivity index (χ1v) is 9.61. The number of carbonyl (C=O) groups excluding carboxylic acids is 3. The molecule has 7 heteroatoms. The van der Waals surface area contributed by atoms with Crippen molar-refractivity contribution in [2.75, 3.05) is 25.0 Å². The van der Waals surface area contributed by atoms with Crippen LogP contribution in [-0.4, -0.2) is 42.4 Å². The van der Waals surface area contributed by atoms with E-state index in [1.165, 1.54) is 12.2 Å². The van der Waals surface area contributed by atoms with Gasteiger partial charge in [-0.1, -0.05) is 35.9 Å². The molecule has 0 saturated carbocycles. The van der Waals surface area contributed by atoms with Crippen molar-refractivity contribution < 1.29 is 19.1 Å². The Kier molecular flexibility index (Phi) is 8.43. The molecule has 0 radical (unpaired) electrons. The molecule has 2 aromatic rings. The molecule has 0 aliphatic heterocycles. The molecule has 0 saturated heterocycles. The van der Waals surface area contributed by atoms with E-state index in [0.29, 0.717) is 34.9 Å². The lowest BCUT2D eigenvalue weighted by molar-refractivity contribution is -0.142. The van der Waals surface area contributed by atoms with Gasteiger partial charge in [0.05, 0.1) is 0 Å². The molecule has 0 atom stereocenters. The molecule has 6 nitrogen and oxygen atoms in total. The second-order valence-corrected chi connectivity index (χ2v) is 6.48. The van der Waals surface area contributed by atoms with Crippen LogP contribution < -0.4 is 5.32 Å². The van der Waals surface area contributed by atoms with E-state index in [1.54, 1.807) is 53.4 Å². The van der Waals surface area contributed by atoms with E-state index >= 15 is 0 Å². The van der Waals surface area contributed by atoms with Crippen molar-refractivity contribution in [3.63, 3.8) is 0 Å². The third kappa shape index (κ3) is 6.76. The van der Waals surface area contributed by atoms with Gasteiger partial charge in [-0.05, 0) is 49.8 Å². The molecule has 0 bridgehead atoms. The number of amides is 2. The summed E-state index contributed by atoms with van der Waals surface area (Å²) in [5.74, 6) is -1.27. The summed E-state index contributed by atoms with van der Waals surface area (Å²) in [6, 6.07) is 13.7. The van der Waals surface area contributed by atoms with Gasteiger partial charge in [0.1, 0.15) is 0 Å². The van der Waals surface area contributed by atoms with Gasteiger partial charge in [0.25, 0.3) is 11.8 Å². The molecular weight excluding hydrogens is 392 g/mol. The number of anilines is 1. The average molecular weight is 415 g/mol. The lowest BCUT2D eigenvalue weighted by Crippen LogP contribution is -2.30. The van der Waals surface area contributed by atoms with Gasteiger partial charge >= 0.3 is 5.97 Å². The summed E-state index contributed by atoms with van der Waals surface area (Å²) in [5, 5.41) is 3.13. The number of halogens is 1. The maximum absolute atomic E-state index is 12.4. The fraction of sp³-hybridized carbons (Fsp3) is 0.227. The molecule has 1 N–H and O–H groups in total. The zero-order chi connectivity index (χ0) is 21.2. The van der Waals surface area contributed by atoms with E-state index < -0.39 is 18.5 Å². The van der Waals surface area contributed by atoms with Gasteiger partial charge in [-0.2, -0.15) is 0 Å². The monoisotopic (exact) mass is 414 g/mol. The predicted molar refractivity (Wildman–Crippen MR) is 114 cm³/mol. The number of rotatable bonds is 8. The molecule has 0 aliphatic carbocycles. The molecule has 2 aromatic carbocycles. The van der Waals surface area contributed by atoms with Crippen molar-refractivity contribution in [3.05, 3.63) is 70.8 Å². The average Bonchev–Trinajstić information content (AvgIpc) is 2.72. The minimum absolute atomic E-state index is 0.109. The highest BCUT2D eigenvalue weighted by Crippen LogP contribution is 2.16. The van der Waals surface area contributed by atoms with Gasteiger partial charge in [0.15, 0.2) is 6.61 Å². The molecule has 2 rings (SSSR count). The smallest absolute Gasteiger partial charge is 0.331 e. The summed E-state index contributed by atoms with van der Waals surface area (Å²) in [6.45, 7) is 4.57. The minimum atomic E-state index is -0.662. The van der Waals surface area contributed by atoms with Gasteiger partial charge in [0, 0.05) is 35.4 Å². The lowest BCUT2D eigenvalue weighted by Gasteiger charge is -2.19. The number of ether oxygens (including phenoxy) is 1. The highest BCUT2D eigenvalue weighted by Gasteiger charge is 2.13. The number of hydrogen-bond donors (Lipinski definition) is 1. The van der Waals surface area contributed by atoms with E-state index in [2.05, 4.69) is 5.32 Å². The molecule has 0 spiro atoms. The molecule has 0 unspecified atom stereocenters. The molecule has 2 amide bonds. The van der Waals surface area contributed by atoms with Crippen LogP contribution in [0.4, 0.5) is 5.69 Å². The Morgan fingerprint density at radius 1 is 1.07 bits per heavy atom. The summed E-state index contributed by atoms with van der Waals surface area (Å²) in [5.41, 5.74) is 1.60. The normalized spacial score (nSPS) is 10.6. The largest absolute Gasteiger partial charge is 0.452 e. The standard InChI is InChI=1S/C22H23ClN2O4/c1-3-25(4-2)22(28)17-9-7-10-18(14-17)24-20(26)15-29-21(27)13-12-16-8-5-6-11-19(16)23/h5-14H,3-4,15H2,1-2H3,(H,24,26)/b13-12+. The van der Waals surface area contributed by atoms with Crippen LogP contribution in [0.2, 0.25) is 5.02 Å². The maximum atomic E-state index is 12.4. The lowest BCUT2D eigenvalue weighted by atomic mass is 10.1. The van der Waals surface area contributed by atoms with Crippen LogP contribution in [0, 0.1) is 0 Å². The highest BCUT2D eigenvalue weighted by molar-refractivity contribution is 6.32. The van der Waals surface area contributed by atoms with Gasteiger partial charge in [-0.3, -0.25) is 9.59 Å². The molecule has 0 fully saturated rings. The summed E-state index contributed by atoms with van der Waals surface area (Å²) in [6.07, 6.45) is 2.72. The van der Waals surface area contributed by atoms with E-state index in [0.717, 1.165) is 0 Å². The number of nitrogens with one attached hydrogen (secondary N) is 1. The molecule has 0 heterocycles. The number of carbonyl (C=O) groups is 3. The van der Waals surface area contributed by atoms with Crippen LogP contribution in [0.3, 0.4) is 0 Å². The van der Waals surface area contributed by atoms with Crippen molar-refractivity contribution in [1.29, 1.82) is 0 Å². The molecular formula is C22H23ClN2O4. The third-order valence-corrected chi connectivity index (χ3v) is 4.44. The Labute approximate surface area is 175 Å². The van der Waals surface area contributed by atoms with E-state index in [1.807, 2.05) is 13.8 Å². The zero-order valence-electron chi connectivity index (χ0n) is 16.4. The number of esters is 1. The van der Waals surface area contributed by atoms with Gasteiger partial charge < -0.3 is 15.0 Å². The topological polar surface area (TPSA) is 75.7 Å². The molecule has 152 valence electrons. The summed E-state index contributed by atoms with van der Waals surface area (Å²) in [7, 11) is 0. The van der Waals surface area contributed by atoms with Gasteiger partial charge in [-0.15, -0.1) is 0 Å². The first-order chi connectivity index (χ1) is 13.9. The van der Waals surface area contributed by atoms with E-state index in [-0.39, 0.29) is 5.91 Å². The van der Waals surface area contributed by atoms with Crippen molar-refractivity contribution in [2.45, 2.75) is 13.8 Å². The SMILES string of the molecule is CCN(CC)C(=O)c1cccc(NC(=O)COC(=O)/C=C/c2ccccc2Cl)c1. The first-order valence-electron chi connectivity index (χ1n) is 9.23. The summed E-state index contributed by atoms with van der Waals surface area (Å²) >= 11 is 6.00. The van der Waals surface area contributed by atoms with Gasteiger partial charge in [0.2, 0.25) is 0 Å². The van der Waals surface area contributed by atoms with Crippen molar-refractivity contribution in [2.24, 2.45) is 0 Å². The van der Waals surface area contributed by atoms with Crippen LogP contribution in [-0.2, 0) is 14.3 Å². The second-order valence-electron chi connectivity index (χ2n) is 6.07. The Bertz CT molecular complexity index is 907. The predicted octanol–water partition coefficient (Wildman–Crippen LogP) is 4.02. The summed E-state index contributed by atoms with van der Waals surface area (Å²) in [4.78, 5) is 37.9. The molecule has 0 aliphatic rings. The Morgan fingerprint density at radius 3 is 2.48 bits per heavy atom. The Morgan fingerprint density at radius 2 is 1.79 bits per heavy atom. The fourth-order valence-corrected chi connectivity index (χ4v) is 2.77. The maximum Gasteiger partial charge on any atom is 0.331 e. The van der Waals surface area contributed by atoms with Crippen LogP contribution in [0.1, 0.15) is 29.8 Å². The fourth-order valence-electron chi connectivity index (χ4n) is 2.57. The van der Waals surface area contributed by atoms with Crippen LogP contribution >= 0.6 is 11.6 Å². The Balaban J connectivity index is 1.89. The van der Waals surface area contributed by atoms with Crippen LogP contribution in [0.5, 0.6) is 0 Å². The highest BCUT2D eigenvalue weighted by atomic mass is 35.5. The van der Waals surface area contributed by atoms with Crippen LogP contribution in [0.15, 0.2) is 54.6 Å². The Hall–Kier alpha value is -3.12. The van der Waals surface area contributed by atoms with E-state index in [9.17, 15) is 14.4 Å². The number of benzene rings is 2. The zero-order valence-corrected chi connectivity index (χ0v) is 17.1. The summed E-state index contributed by atoms with van der Waals surface area (Å²) < 4.78 is 4.93. The van der Waals surface area contributed by atoms with Crippen LogP contribution in [0.25, 0.3) is 6.08 Å². The van der Waals surface area contributed by atoms with Crippen molar-refractivity contribution in [3.8, 4) is 0 Å². The minimum Gasteiger partial charge on any atom is -0.452 e. The van der Waals surface area contributed by atoms with Gasteiger partial charge in [-0.25, -0.2) is 4.79 Å². The number of nitrogens with zero attached hydrogens (tertiary/aromatic N) is 1. The molecule has 29 heavy (non-hydrogen) atoms. The van der Waals surface area contributed by atoms with Crippen molar-refractivity contribution in [1.82, 2.24) is 4.90 Å². The first kappa shape index (κ1) is 22.2. The van der Waals surface area contributed by atoms with Crippen molar-refractivity contribution >= 4 is 41.1 Å². The second kappa shape index (κ2) is 11.0. The van der Waals surface area contributed by atoms with E-state index in [4.69, 9.17) is 16.3 Å². The number of hydrogen-bond acceptors (Lipinski definition) is 4. The quantitative estimate of drug-likeness (QED) is 0.523. The third-order valence-electron chi connectivity index (χ3n) is 4.09. The molecule has 0 aromatic heterocycles.